The van der Waals surface area contributed by atoms with Crippen LogP contribution in [0.4, 0.5) is 0 Å². The highest BCUT2D eigenvalue weighted by Crippen LogP contribution is 2.68. The molecule has 0 bridgehead atoms. The smallest absolute Gasteiger partial charge is 0.0622 e. The molecule has 4 aliphatic carbocycles. The van der Waals surface area contributed by atoms with Crippen LogP contribution in [-0.4, -0.2) is 0 Å². The van der Waals surface area contributed by atoms with Crippen LogP contribution in [0.15, 0.2) is 24.2 Å². The van der Waals surface area contributed by atoms with Gasteiger partial charge in [0.2, 0.25) is 0 Å². The lowest BCUT2D eigenvalue weighted by atomic mass is 9.44. The van der Waals surface area contributed by atoms with Crippen molar-refractivity contribution in [3.05, 3.63) is 24.2 Å². The Morgan fingerprint density at radius 2 is 1.96 bits per heavy atom. The lowest BCUT2D eigenvalue weighted by molar-refractivity contribution is -0.114. The molecule has 152 valence electrons. The van der Waals surface area contributed by atoms with E-state index in [1.54, 1.807) is 6.08 Å². The van der Waals surface area contributed by atoms with E-state index in [9.17, 15) is 0 Å². The molecule has 0 amide bonds. The maximum absolute atomic E-state index is 8.24. The van der Waals surface area contributed by atoms with Crippen molar-refractivity contribution in [2.24, 2.45) is 46.3 Å². The van der Waals surface area contributed by atoms with Crippen molar-refractivity contribution in [3.8, 4) is 0 Å². The minimum Gasteiger partial charge on any atom is -0.0961 e. The van der Waals surface area contributed by atoms with Crippen molar-refractivity contribution >= 4 is 0 Å². The van der Waals surface area contributed by atoms with E-state index in [1.165, 1.54) is 64.2 Å². The van der Waals surface area contributed by atoms with Crippen molar-refractivity contribution in [2.75, 3.05) is 0 Å². The molecule has 0 saturated heterocycles. The third-order valence-corrected chi connectivity index (χ3v) is 10.1. The number of hydrogen-bond acceptors (Lipinski definition) is 0. The maximum Gasteiger partial charge on any atom is 0.0622 e. The van der Waals surface area contributed by atoms with Crippen molar-refractivity contribution < 1.29 is 8.22 Å². The Hall–Kier alpha value is -0.520. The van der Waals surface area contributed by atoms with E-state index in [1.807, 2.05) is 0 Å². The fourth-order valence-electron chi connectivity index (χ4n) is 8.78. The number of fused-ring (bicyclic) bond motifs is 5. The van der Waals surface area contributed by atoms with E-state index < -0.39 is 19.0 Å². The van der Waals surface area contributed by atoms with Crippen LogP contribution in [0.3, 0.4) is 0 Å². The monoisotopic (exact) mass is 374 g/mol. The molecule has 27 heavy (non-hydrogen) atoms. The highest BCUT2D eigenvalue weighted by molar-refractivity contribution is 5.12. The zero-order chi connectivity index (χ0) is 24.2. The molecule has 4 saturated carbocycles. The predicted octanol–water partition coefficient (Wildman–Crippen LogP) is 8.19. The first-order valence-electron chi connectivity index (χ1n) is 14.7. The topological polar surface area (TPSA) is 0 Å². The molecule has 1 unspecified atom stereocenters. The van der Waals surface area contributed by atoms with E-state index in [0.717, 1.165) is 23.7 Å². The van der Waals surface area contributed by atoms with Gasteiger partial charge in [-0.2, -0.15) is 0 Å². The molecule has 0 heterocycles. The summed E-state index contributed by atoms with van der Waals surface area (Å²) in [6.45, 7) is 4.11. The van der Waals surface area contributed by atoms with Crippen LogP contribution in [0.1, 0.15) is 106 Å². The highest BCUT2D eigenvalue weighted by Gasteiger charge is 2.59. The largest absolute Gasteiger partial charge is 0.0961 e. The summed E-state index contributed by atoms with van der Waals surface area (Å²) < 4.78 is 46.1. The Morgan fingerprint density at radius 1 is 1.11 bits per heavy atom. The average Bonchev–Trinajstić information content (AvgIpc) is 3.07. The molecule has 0 aromatic rings. The van der Waals surface area contributed by atoms with E-state index in [4.69, 9.17) is 8.22 Å². The van der Waals surface area contributed by atoms with Gasteiger partial charge in [0.1, 0.15) is 0 Å². The van der Waals surface area contributed by atoms with Crippen molar-refractivity contribution in [1.29, 1.82) is 0 Å². The Labute approximate surface area is 177 Å². The summed E-state index contributed by atoms with van der Waals surface area (Å²) >= 11 is 0. The molecule has 0 N–H and O–H groups in total. The van der Waals surface area contributed by atoms with Gasteiger partial charge in [0.25, 0.3) is 0 Å². The molecule has 0 radical (unpaired) electrons. The quantitative estimate of drug-likeness (QED) is 0.435. The zero-order valence-corrected chi connectivity index (χ0v) is 17.8. The number of rotatable bonds is 4. The van der Waals surface area contributed by atoms with Crippen LogP contribution in [0, 0.1) is 46.3 Å². The molecule has 0 aromatic carbocycles. The van der Waals surface area contributed by atoms with Crippen LogP contribution < -0.4 is 0 Å². The van der Waals surface area contributed by atoms with Crippen LogP contribution >= 0.6 is 0 Å². The first kappa shape index (κ1) is 13.7. The Balaban J connectivity index is 1.48. The third kappa shape index (κ3) is 3.28. The standard InChI is InChI=1S/C27H44/c1-19(2)9-8-10-20(3)23-14-15-24-22-13-12-21-11-6-7-17-26(21,4)25(22)16-18-27(23,24)5/h8-9,20-25H,1,6-7,10-18H2,2-5H3/t20-,21?,22+,23-,24+,25+,26+,27-/m1/s1/i1D2,2D3,9D. The normalized spacial score (nSPS) is 51.8. The molecule has 0 nitrogen and oxygen atoms in total. The van der Waals surface area contributed by atoms with Gasteiger partial charge in [0, 0.05) is 4.11 Å². The fraction of sp³-hybridized carbons (Fsp3) is 0.852. The van der Waals surface area contributed by atoms with Crippen molar-refractivity contribution in [2.45, 2.75) is 98.3 Å². The second-order valence-electron chi connectivity index (χ2n) is 11.1. The van der Waals surface area contributed by atoms with E-state index in [2.05, 4.69) is 20.8 Å². The summed E-state index contributed by atoms with van der Waals surface area (Å²) in [5, 5.41) is 0. The second-order valence-corrected chi connectivity index (χ2v) is 11.1. The van der Waals surface area contributed by atoms with E-state index in [0.29, 0.717) is 29.1 Å². The van der Waals surface area contributed by atoms with E-state index >= 15 is 0 Å². The molecule has 0 aromatic heterocycles. The van der Waals surface area contributed by atoms with Gasteiger partial charge < -0.3 is 0 Å². The molecule has 4 rings (SSSR count). The molecular weight excluding hydrogens is 324 g/mol. The lowest BCUT2D eigenvalue weighted by Gasteiger charge is -2.61. The first-order chi connectivity index (χ1) is 15.4. The van der Waals surface area contributed by atoms with Crippen molar-refractivity contribution in [3.63, 3.8) is 0 Å². The molecule has 4 aliphatic rings. The Morgan fingerprint density at radius 3 is 2.78 bits per heavy atom. The fourth-order valence-corrected chi connectivity index (χ4v) is 8.78. The second kappa shape index (κ2) is 7.38. The van der Waals surface area contributed by atoms with Gasteiger partial charge in [-0.25, -0.2) is 0 Å². The molecule has 8 atom stereocenters. The van der Waals surface area contributed by atoms with Gasteiger partial charge in [-0.1, -0.05) is 57.8 Å². The van der Waals surface area contributed by atoms with Gasteiger partial charge in [-0.15, -0.1) is 0 Å². The minimum absolute atomic E-state index is 0.159. The van der Waals surface area contributed by atoms with Gasteiger partial charge in [-0.05, 0) is 111 Å². The predicted molar refractivity (Wildman–Crippen MR) is 118 cm³/mol. The van der Waals surface area contributed by atoms with Gasteiger partial charge >= 0.3 is 0 Å². The SMILES string of the molecule is [2H]C(=CC[C@@H](C)[C@H]1CC[C@H]2[C@@H]3CCC4CCCC[C@]4(C)[C@H]3CC[C@]12C)C(=C([2H])[2H])C([2H])([2H])[2H]. The summed E-state index contributed by atoms with van der Waals surface area (Å²) in [5.74, 6) is 4.54. The maximum atomic E-state index is 8.24. The lowest BCUT2D eigenvalue weighted by Crippen LogP contribution is -2.53. The minimum atomic E-state index is -2.58. The molecule has 0 heteroatoms. The van der Waals surface area contributed by atoms with E-state index in [-0.39, 0.29) is 6.05 Å². The summed E-state index contributed by atoms with van der Waals surface area (Å²) in [5.41, 5.74) is 0.494. The van der Waals surface area contributed by atoms with Gasteiger partial charge in [0.05, 0.1) is 4.11 Å². The number of allylic oxidation sites excluding steroid dienone is 3. The summed E-state index contributed by atoms with van der Waals surface area (Å²) in [7, 11) is 0. The molecule has 0 spiro atoms. The van der Waals surface area contributed by atoms with Crippen LogP contribution in [-0.2, 0) is 0 Å². The Kier molecular flexibility index (Phi) is 3.73. The number of hydrogen-bond donors (Lipinski definition) is 0. The average molecular weight is 375 g/mol. The first-order valence-corrected chi connectivity index (χ1v) is 11.7. The Bertz CT molecular complexity index is 793. The third-order valence-electron chi connectivity index (χ3n) is 10.1. The zero-order valence-electron chi connectivity index (χ0n) is 23.8. The summed E-state index contributed by atoms with van der Waals surface area (Å²) in [6.07, 6.45) is 16.2. The molecular formula is C27H44. The van der Waals surface area contributed by atoms with Gasteiger partial charge in [-0.3, -0.25) is 0 Å². The van der Waals surface area contributed by atoms with Crippen LogP contribution in [0.25, 0.3) is 0 Å². The molecule has 4 fully saturated rings. The summed E-state index contributed by atoms with van der Waals surface area (Å²) in [6, 6.07) is -0.159. The summed E-state index contributed by atoms with van der Waals surface area (Å²) in [4.78, 5) is 0. The van der Waals surface area contributed by atoms with Crippen LogP contribution in [0.5, 0.6) is 0 Å². The van der Waals surface area contributed by atoms with Gasteiger partial charge in [0.15, 0.2) is 0 Å². The molecule has 0 aliphatic heterocycles. The van der Waals surface area contributed by atoms with Crippen molar-refractivity contribution in [1.82, 2.24) is 0 Å². The van der Waals surface area contributed by atoms with Crippen LogP contribution in [0.2, 0.25) is 0 Å². The highest BCUT2D eigenvalue weighted by atomic mass is 14.6.